The summed E-state index contributed by atoms with van der Waals surface area (Å²) in [5.41, 5.74) is 2.04. The lowest BCUT2D eigenvalue weighted by molar-refractivity contribution is -0.133. The van der Waals surface area contributed by atoms with E-state index < -0.39 is 10.0 Å². The summed E-state index contributed by atoms with van der Waals surface area (Å²) in [5, 5.41) is 1.08. The lowest BCUT2D eigenvalue weighted by Crippen LogP contribution is -2.52. The Hall–Kier alpha value is -2.33. The number of thiazole rings is 1. The molecular weight excluding hydrogens is 456 g/mol. The Morgan fingerprint density at radius 1 is 1.03 bits per heavy atom. The maximum atomic E-state index is 13.1. The number of para-hydroxylation sites is 1. The van der Waals surface area contributed by atoms with Crippen molar-refractivity contribution in [1.82, 2.24) is 19.1 Å². The maximum Gasteiger partial charge on any atom is 0.243 e. The summed E-state index contributed by atoms with van der Waals surface area (Å²) in [4.78, 5) is 22.2. The van der Waals surface area contributed by atoms with Gasteiger partial charge >= 0.3 is 0 Å². The number of aryl methyl sites for hydroxylation is 1. The third kappa shape index (κ3) is 4.55. The number of piperazine rings is 1. The van der Waals surface area contributed by atoms with Gasteiger partial charge < -0.3 is 4.90 Å². The van der Waals surface area contributed by atoms with Crippen molar-refractivity contribution in [3.8, 4) is 0 Å². The molecule has 3 aromatic rings. The number of carbonyl (C=O) groups is 1. The Kier molecular flexibility index (Phi) is 6.22. The van der Waals surface area contributed by atoms with E-state index >= 15 is 0 Å². The van der Waals surface area contributed by atoms with Crippen LogP contribution in [-0.2, 0) is 14.8 Å². The highest BCUT2D eigenvalue weighted by Crippen LogP contribution is 2.36. The van der Waals surface area contributed by atoms with Gasteiger partial charge in [-0.25, -0.2) is 13.4 Å². The van der Waals surface area contributed by atoms with Crippen LogP contribution in [-0.4, -0.2) is 72.7 Å². The second-order valence-electron chi connectivity index (χ2n) is 8.75. The molecule has 0 aliphatic carbocycles. The van der Waals surface area contributed by atoms with E-state index in [0.29, 0.717) is 37.6 Å². The minimum Gasteiger partial charge on any atom is -0.339 e. The van der Waals surface area contributed by atoms with Gasteiger partial charge in [0.25, 0.3) is 0 Å². The van der Waals surface area contributed by atoms with E-state index in [0.717, 1.165) is 35.5 Å². The van der Waals surface area contributed by atoms with Crippen LogP contribution in [0, 0.1) is 6.92 Å². The molecule has 0 unspecified atom stereocenters. The van der Waals surface area contributed by atoms with Gasteiger partial charge in [0.15, 0.2) is 0 Å². The van der Waals surface area contributed by atoms with Crippen LogP contribution >= 0.6 is 11.3 Å². The first kappa shape index (κ1) is 22.5. The molecule has 7 nitrogen and oxygen atoms in total. The van der Waals surface area contributed by atoms with Gasteiger partial charge in [-0.05, 0) is 50.6 Å². The zero-order chi connectivity index (χ0) is 23.0. The largest absolute Gasteiger partial charge is 0.339 e. The molecule has 33 heavy (non-hydrogen) atoms. The van der Waals surface area contributed by atoms with E-state index in [1.165, 1.54) is 9.01 Å². The molecule has 2 saturated heterocycles. The molecule has 2 fully saturated rings. The van der Waals surface area contributed by atoms with Crippen molar-refractivity contribution in [2.45, 2.75) is 30.7 Å². The first-order valence-electron chi connectivity index (χ1n) is 11.4. The standard InChI is InChI=1S/C24H28N4O3S2/c1-18-8-10-19(11-9-18)33(30,31)28-15-13-26(14-16-28)23(29)17-27-12-4-6-21(27)24-25-20-5-2-3-7-22(20)32-24/h2-3,5,7-11,21H,4,6,12-17H2,1H3/t21-/m1/s1. The van der Waals surface area contributed by atoms with Crippen LogP contribution in [0.5, 0.6) is 0 Å². The fraction of sp³-hybridized carbons (Fsp3) is 0.417. The van der Waals surface area contributed by atoms with Crippen molar-refractivity contribution in [3.05, 3.63) is 59.1 Å². The molecule has 1 aromatic heterocycles. The summed E-state index contributed by atoms with van der Waals surface area (Å²) in [7, 11) is -3.53. The topological polar surface area (TPSA) is 73.8 Å². The van der Waals surface area contributed by atoms with Crippen LogP contribution in [0.3, 0.4) is 0 Å². The fourth-order valence-corrected chi connectivity index (χ4v) is 7.20. The molecule has 1 amide bonds. The SMILES string of the molecule is Cc1ccc(S(=O)(=O)N2CCN(C(=O)CN3CCC[C@@H]3c3nc4ccccc4s3)CC2)cc1. The van der Waals surface area contributed by atoms with E-state index in [1.54, 1.807) is 28.4 Å². The highest BCUT2D eigenvalue weighted by molar-refractivity contribution is 7.89. The number of carbonyl (C=O) groups excluding carboxylic acids is 1. The fourth-order valence-electron chi connectivity index (χ4n) is 4.64. The average Bonchev–Trinajstić information content (AvgIpc) is 3.46. The van der Waals surface area contributed by atoms with Crippen LogP contribution in [0.2, 0.25) is 0 Å². The van der Waals surface area contributed by atoms with Crippen LogP contribution < -0.4 is 0 Å². The van der Waals surface area contributed by atoms with E-state index in [2.05, 4.69) is 11.0 Å². The number of fused-ring (bicyclic) bond motifs is 1. The predicted octanol–water partition coefficient (Wildman–Crippen LogP) is 3.27. The lowest BCUT2D eigenvalue weighted by Gasteiger charge is -2.35. The van der Waals surface area contributed by atoms with Gasteiger partial charge in [0, 0.05) is 26.2 Å². The second-order valence-corrected chi connectivity index (χ2v) is 11.7. The van der Waals surface area contributed by atoms with E-state index in [4.69, 9.17) is 4.98 Å². The van der Waals surface area contributed by atoms with Crippen molar-refractivity contribution < 1.29 is 13.2 Å². The predicted molar refractivity (Wildman–Crippen MR) is 130 cm³/mol. The quantitative estimate of drug-likeness (QED) is 0.556. The van der Waals surface area contributed by atoms with Gasteiger partial charge in [0.2, 0.25) is 15.9 Å². The van der Waals surface area contributed by atoms with Gasteiger partial charge in [-0.2, -0.15) is 4.31 Å². The maximum absolute atomic E-state index is 13.1. The van der Waals surface area contributed by atoms with Crippen LogP contribution in [0.15, 0.2) is 53.4 Å². The Morgan fingerprint density at radius 3 is 2.48 bits per heavy atom. The van der Waals surface area contributed by atoms with Crippen molar-refractivity contribution in [1.29, 1.82) is 0 Å². The summed E-state index contributed by atoms with van der Waals surface area (Å²) >= 11 is 1.71. The lowest BCUT2D eigenvalue weighted by atomic mass is 10.2. The molecule has 0 spiro atoms. The first-order valence-corrected chi connectivity index (χ1v) is 13.6. The van der Waals surface area contributed by atoms with Crippen LogP contribution in [0.4, 0.5) is 0 Å². The van der Waals surface area contributed by atoms with Gasteiger partial charge in [0.05, 0.1) is 27.7 Å². The van der Waals surface area contributed by atoms with Crippen LogP contribution in [0.1, 0.15) is 29.5 Å². The molecule has 3 heterocycles. The highest BCUT2D eigenvalue weighted by atomic mass is 32.2. The number of amides is 1. The number of sulfonamides is 1. The summed E-state index contributed by atoms with van der Waals surface area (Å²) in [6.07, 6.45) is 2.06. The summed E-state index contributed by atoms with van der Waals surface area (Å²) in [5.74, 6) is 0.0652. The number of benzene rings is 2. The molecule has 174 valence electrons. The van der Waals surface area contributed by atoms with Gasteiger partial charge in [-0.15, -0.1) is 11.3 Å². The molecule has 0 N–H and O–H groups in total. The molecule has 1 atom stereocenters. The Morgan fingerprint density at radius 2 is 1.76 bits per heavy atom. The highest BCUT2D eigenvalue weighted by Gasteiger charge is 2.34. The van der Waals surface area contributed by atoms with E-state index in [1.807, 2.05) is 37.3 Å². The molecule has 9 heteroatoms. The summed E-state index contributed by atoms with van der Waals surface area (Å²) in [6, 6.07) is 15.2. The van der Waals surface area contributed by atoms with Crippen molar-refractivity contribution in [2.24, 2.45) is 0 Å². The number of hydrogen-bond acceptors (Lipinski definition) is 6. The third-order valence-electron chi connectivity index (χ3n) is 6.55. The number of aromatic nitrogens is 1. The van der Waals surface area contributed by atoms with Gasteiger partial charge in [-0.1, -0.05) is 29.8 Å². The Balaban J connectivity index is 1.21. The minimum absolute atomic E-state index is 0.0652. The van der Waals surface area contributed by atoms with Crippen LogP contribution in [0.25, 0.3) is 10.2 Å². The average molecular weight is 485 g/mol. The molecule has 0 bridgehead atoms. The summed E-state index contributed by atoms with van der Waals surface area (Å²) < 4.78 is 28.5. The van der Waals surface area contributed by atoms with Gasteiger partial charge in [0.1, 0.15) is 5.01 Å². The Labute approximate surface area is 198 Å². The van der Waals surface area contributed by atoms with Crippen molar-refractivity contribution >= 4 is 37.5 Å². The zero-order valence-corrected chi connectivity index (χ0v) is 20.3. The smallest absolute Gasteiger partial charge is 0.243 e. The van der Waals surface area contributed by atoms with E-state index in [-0.39, 0.29) is 11.9 Å². The normalized spacial score (nSPS) is 20.5. The molecule has 0 radical (unpaired) electrons. The minimum atomic E-state index is -3.53. The summed E-state index contributed by atoms with van der Waals surface area (Å²) in [6.45, 7) is 4.65. The third-order valence-corrected chi connectivity index (χ3v) is 9.60. The van der Waals surface area contributed by atoms with Gasteiger partial charge in [-0.3, -0.25) is 9.69 Å². The molecule has 2 aromatic carbocycles. The monoisotopic (exact) mass is 484 g/mol. The molecule has 0 saturated carbocycles. The zero-order valence-electron chi connectivity index (χ0n) is 18.7. The molecular formula is C24H28N4O3S2. The van der Waals surface area contributed by atoms with E-state index in [9.17, 15) is 13.2 Å². The van der Waals surface area contributed by atoms with Crippen molar-refractivity contribution in [3.63, 3.8) is 0 Å². The number of hydrogen-bond donors (Lipinski definition) is 0. The Bertz CT molecular complexity index is 1220. The molecule has 5 rings (SSSR count). The molecule has 2 aliphatic heterocycles. The molecule has 2 aliphatic rings. The van der Waals surface area contributed by atoms with Crippen molar-refractivity contribution in [2.75, 3.05) is 39.3 Å². The number of likely N-dealkylation sites (tertiary alicyclic amines) is 1. The number of rotatable bonds is 5. The number of nitrogens with zero attached hydrogens (tertiary/aromatic N) is 4. The first-order chi connectivity index (χ1) is 15.9. The second kappa shape index (κ2) is 9.13.